The van der Waals surface area contributed by atoms with Crippen molar-refractivity contribution < 1.29 is 24.3 Å². The van der Waals surface area contributed by atoms with Crippen molar-refractivity contribution in [2.75, 3.05) is 26.0 Å². The van der Waals surface area contributed by atoms with Gasteiger partial charge in [-0.3, -0.25) is 19.7 Å². The van der Waals surface area contributed by atoms with Crippen molar-refractivity contribution in [2.24, 2.45) is 0 Å². The Labute approximate surface area is 167 Å². The highest BCUT2D eigenvalue weighted by Gasteiger charge is 2.50. The first-order chi connectivity index (χ1) is 13.3. The van der Waals surface area contributed by atoms with E-state index in [0.717, 1.165) is 16.2 Å². The lowest BCUT2D eigenvalue weighted by Crippen LogP contribution is -2.48. The van der Waals surface area contributed by atoms with E-state index in [2.05, 4.69) is 5.41 Å². The van der Waals surface area contributed by atoms with Gasteiger partial charge in [-0.2, -0.15) is 0 Å². The molecule has 1 unspecified atom stereocenters. The van der Waals surface area contributed by atoms with E-state index in [-0.39, 0.29) is 25.5 Å². The van der Waals surface area contributed by atoms with E-state index in [1.165, 1.54) is 10.5 Å². The first-order valence-electron chi connectivity index (χ1n) is 8.82. The highest BCUT2D eigenvalue weighted by molar-refractivity contribution is 8.04. The van der Waals surface area contributed by atoms with E-state index in [1.807, 2.05) is 24.3 Å². The fourth-order valence-electron chi connectivity index (χ4n) is 2.93. The maximum absolute atomic E-state index is 12.5. The Morgan fingerprint density at radius 2 is 1.96 bits per heavy atom. The molecule has 0 saturated carbocycles. The molecule has 2 heterocycles. The van der Waals surface area contributed by atoms with Gasteiger partial charge >= 0.3 is 6.03 Å². The van der Waals surface area contributed by atoms with Crippen LogP contribution in [0.25, 0.3) is 5.57 Å². The van der Waals surface area contributed by atoms with Gasteiger partial charge in [0.1, 0.15) is 23.9 Å². The topological polar surface area (TPSA) is 90.4 Å². The smallest absolute Gasteiger partial charge is 0.327 e. The number of hydrogen-bond acceptors (Lipinski definition) is 6. The molecule has 1 saturated heterocycles. The maximum atomic E-state index is 12.5. The number of hydroxylamine groups is 2. The van der Waals surface area contributed by atoms with Gasteiger partial charge in [0.05, 0.1) is 6.54 Å². The number of likely N-dealkylation sites (N-methyl/N-ethyl adjacent to an activating group) is 1. The van der Waals surface area contributed by atoms with Crippen LogP contribution in [0, 0.1) is 0 Å². The summed E-state index contributed by atoms with van der Waals surface area (Å²) in [5.74, 6) is 1.17. The molecule has 0 bridgehead atoms. The van der Waals surface area contributed by atoms with Crippen LogP contribution < -0.4 is 4.74 Å². The lowest BCUT2D eigenvalue weighted by atomic mass is 10.1. The van der Waals surface area contributed by atoms with Crippen molar-refractivity contribution in [3.63, 3.8) is 0 Å². The average Bonchev–Trinajstić information content (AvgIpc) is 2.78. The van der Waals surface area contributed by atoms with Gasteiger partial charge in [0, 0.05) is 12.8 Å². The Morgan fingerprint density at radius 3 is 2.43 bits per heavy atom. The van der Waals surface area contributed by atoms with Crippen LogP contribution in [0.2, 0.25) is 0 Å². The molecular formula is C19H23N3O5S. The minimum Gasteiger partial charge on any atom is -0.491 e. The molecule has 1 aromatic rings. The molecule has 1 atom stereocenters. The van der Waals surface area contributed by atoms with Crippen LogP contribution in [0.15, 0.2) is 29.7 Å². The van der Waals surface area contributed by atoms with Crippen molar-refractivity contribution in [1.82, 2.24) is 14.9 Å². The SMILES string of the molecule is CN1C(=O)N(CC(COc2ccc(C3=CSC3)cc2)N(O)C=O)C(=O)C1(C)C. The average molecular weight is 405 g/mol. The van der Waals surface area contributed by atoms with Gasteiger partial charge in [0.25, 0.3) is 5.91 Å². The Morgan fingerprint density at radius 1 is 1.32 bits per heavy atom. The Bertz CT molecular complexity index is 808. The number of carbonyl (C=O) groups excluding carboxylic acids is 3. The van der Waals surface area contributed by atoms with Crippen LogP contribution in [-0.4, -0.2) is 76.0 Å². The molecule has 0 aliphatic carbocycles. The number of nitrogens with zero attached hydrogens (tertiary/aromatic N) is 3. The van der Waals surface area contributed by atoms with Crippen molar-refractivity contribution in [1.29, 1.82) is 0 Å². The van der Waals surface area contributed by atoms with Gasteiger partial charge in [-0.15, -0.1) is 11.8 Å². The van der Waals surface area contributed by atoms with Crippen LogP contribution in [0.1, 0.15) is 19.4 Å². The number of urea groups is 1. The second-order valence-corrected chi connectivity index (χ2v) is 8.10. The number of rotatable bonds is 8. The fraction of sp³-hybridized carbons (Fsp3) is 0.421. The minimum atomic E-state index is -0.978. The monoisotopic (exact) mass is 405 g/mol. The van der Waals surface area contributed by atoms with Gasteiger partial charge in [-0.05, 0) is 42.5 Å². The number of amides is 4. The predicted molar refractivity (Wildman–Crippen MR) is 105 cm³/mol. The molecule has 1 aromatic carbocycles. The normalized spacial score (nSPS) is 19.2. The minimum absolute atomic E-state index is 0.0751. The molecule has 2 aliphatic heterocycles. The first kappa shape index (κ1) is 20.2. The van der Waals surface area contributed by atoms with E-state index in [1.54, 1.807) is 32.7 Å². The number of ether oxygens (including phenoxy) is 1. The van der Waals surface area contributed by atoms with Gasteiger partial charge in [0.2, 0.25) is 6.41 Å². The van der Waals surface area contributed by atoms with E-state index in [0.29, 0.717) is 10.8 Å². The predicted octanol–water partition coefficient (Wildman–Crippen LogP) is 2.04. The third-order valence-corrected chi connectivity index (χ3v) is 6.06. The zero-order chi connectivity index (χ0) is 20.5. The number of hydrogen-bond donors (Lipinski definition) is 1. The number of thioether (sulfide) groups is 1. The molecule has 2 aliphatic rings. The van der Waals surface area contributed by atoms with Crippen LogP contribution >= 0.6 is 11.8 Å². The van der Waals surface area contributed by atoms with Gasteiger partial charge in [0.15, 0.2) is 0 Å². The molecule has 0 radical (unpaired) electrons. The molecule has 0 aromatic heterocycles. The summed E-state index contributed by atoms with van der Waals surface area (Å²) in [5.41, 5.74) is 1.42. The standard InChI is InChI=1S/C19H23N3O5S/c1-19(2)17(24)21(18(25)20(19)3)8-15(22(26)12-23)9-27-16-6-4-13(5-7-16)14-10-28-11-14/h4-7,10,12,15,26H,8-9,11H2,1-3H3. The second-order valence-electron chi connectivity index (χ2n) is 7.25. The van der Waals surface area contributed by atoms with Crippen LogP contribution in [0.4, 0.5) is 4.79 Å². The molecule has 9 heteroatoms. The highest BCUT2D eigenvalue weighted by Crippen LogP contribution is 2.32. The summed E-state index contributed by atoms with van der Waals surface area (Å²) in [6, 6.07) is 6.13. The van der Waals surface area contributed by atoms with Crippen molar-refractivity contribution >= 4 is 35.7 Å². The summed E-state index contributed by atoms with van der Waals surface area (Å²) >= 11 is 1.76. The Hall–Kier alpha value is -2.52. The molecule has 1 N–H and O–H groups in total. The molecule has 8 nitrogen and oxygen atoms in total. The van der Waals surface area contributed by atoms with E-state index in [4.69, 9.17) is 4.74 Å². The van der Waals surface area contributed by atoms with Crippen LogP contribution in [0.5, 0.6) is 5.75 Å². The lowest BCUT2D eigenvalue weighted by molar-refractivity contribution is -0.165. The molecule has 150 valence electrons. The molecular weight excluding hydrogens is 382 g/mol. The van der Waals surface area contributed by atoms with Gasteiger partial charge in [-0.1, -0.05) is 12.1 Å². The second kappa shape index (κ2) is 7.84. The number of carbonyl (C=O) groups is 3. The number of benzene rings is 1. The molecule has 28 heavy (non-hydrogen) atoms. The fourth-order valence-corrected chi connectivity index (χ4v) is 3.56. The molecule has 0 spiro atoms. The summed E-state index contributed by atoms with van der Waals surface area (Å²) in [5, 5.41) is 12.4. The van der Waals surface area contributed by atoms with Crippen molar-refractivity contribution in [2.45, 2.75) is 25.4 Å². The number of imide groups is 1. The Balaban J connectivity index is 1.66. The molecule has 3 rings (SSSR count). The van der Waals surface area contributed by atoms with Crippen molar-refractivity contribution in [3.8, 4) is 5.75 Å². The molecule has 4 amide bonds. The largest absolute Gasteiger partial charge is 0.491 e. The third-order valence-electron chi connectivity index (χ3n) is 5.13. The van der Waals surface area contributed by atoms with Gasteiger partial charge < -0.3 is 9.64 Å². The summed E-state index contributed by atoms with van der Waals surface area (Å²) in [6.45, 7) is 3.05. The first-order valence-corrected chi connectivity index (χ1v) is 9.86. The maximum Gasteiger partial charge on any atom is 0.327 e. The van der Waals surface area contributed by atoms with Crippen LogP contribution in [-0.2, 0) is 9.59 Å². The summed E-state index contributed by atoms with van der Waals surface area (Å²) in [7, 11) is 1.54. The van der Waals surface area contributed by atoms with E-state index >= 15 is 0 Å². The lowest BCUT2D eigenvalue weighted by Gasteiger charge is -2.26. The summed E-state index contributed by atoms with van der Waals surface area (Å²) in [6.07, 6.45) is 0.234. The van der Waals surface area contributed by atoms with E-state index in [9.17, 15) is 19.6 Å². The Kier molecular flexibility index (Phi) is 5.66. The van der Waals surface area contributed by atoms with Crippen molar-refractivity contribution in [3.05, 3.63) is 35.2 Å². The van der Waals surface area contributed by atoms with E-state index < -0.39 is 17.6 Å². The third kappa shape index (κ3) is 3.72. The quantitative estimate of drug-likeness (QED) is 0.308. The zero-order valence-electron chi connectivity index (χ0n) is 16.0. The molecule has 1 fully saturated rings. The van der Waals surface area contributed by atoms with Crippen LogP contribution in [0.3, 0.4) is 0 Å². The summed E-state index contributed by atoms with van der Waals surface area (Å²) < 4.78 is 5.69. The highest BCUT2D eigenvalue weighted by atomic mass is 32.2. The zero-order valence-corrected chi connectivity index (χ0v) is 16.8. The summed E-state index contributed by atoms with van der Waals surface area (Å²) in [4.78, 5) is 38.3. The van der Waals surface area contributed by atoms with Gasteiger partial charge in [-0.25, -0.2) is 9.86 Å².